The van der Waals surface area contributed by atoms with E-state index >= 15 is 0 Å². The van der Waals surface area contributed by atoms with E-state index in [2.05, 4.69) is 5.32 Å². The first kappa shape index (κ1) is 13.9. The van der Waals surface area contributed by atoms with Gasteiger partial charge in [-0.25, -0.2) is 4.79 Å². The minimum atomic E-state index is -0.756. The SMILES string of the molecule is CSc1ccc(C(=O)O[C@@H](C)C(=O)NC2CC2)cc1. The zero-order chi connectivity index (χ0) is 13.8. The standard InChI is InChI=1S/C14H17NO3S/c1-9(13(16)15-11-5-6-11)18-14(17)10-3-7-12(19-2)8-4-10/h3-4,7-9,11H,5-6H2,1-2H3,(H,15,16)/t9-/m0/s1. The van der Waals surface area contributed by atoms with E-state index in [0.717, 1.165) is 17.7 Å². The van der Waals surface area contributed by atoms with E-state index in [1.165, 1.54) is 0 Å². The van der Waals surface area contributed by atoms with Gasteiger partial charge in [0.15, 0.2) is 6.10 Å². The fraction of sp³-hybridized carbons (Fsp3) is 0.429. The third-order valence-electron chi connectivity index (χ3n) is 2.90. The lowest BCUT2D eigenvalue weighted by Crippen LogP contribution is -2.37. The van der Waals surface area contributed by atoms with Gasteiger partial charge in [0.05, 0.1) is 5.56 Å². The average Bonchev–Trinajstić information content (AvgIpc) is 3.22. The van der Waals surface area contributed by atoms with Gasteiger partial charge in [-0.2, -0.15) is 0 Å². The summed E-state index contributed by atoms with van der Waals surface area (Å²) in [6.07, 6.45) is 3.25. The van der Waals surface area contributed by atoms with Crippen LogP contribution in [0.5, 0.6) is 0 Å². The number of rotatable bonds is 5. The molecular formula is C14H17NO3S. The molecule has 19 heavy (non-hydrogen) atoms. The lowest BCUT2D eigenvalue weighted by atomic mass is 10.2. The van der Waals surface area contributed by atoms with Crippen LogP contribution >= 0.6 is 11.8 Å². The maximum atomic E-state index is 11.9. The topological polar surface area (TPSA) is 55.4 Å². The summed E-state index contributed by atoms with van der Waals surface area (Å²) in [5.41, 5.74) is 0.462. The fourth-order valence-electron chi connectivity index (χ4n) is 1.56. The summed E-state index contributed by atoms with van der Waals surface area (Å²) in [5, 5.41) is 2.81. The molecule has 1 fully saturated rings. The van der Waals surface area contributed by atoms with Gasteiger partial charge < -0.3 is 10.1 Å². The summed E-state index contributed by atoms with van der Waals surface area (Å²) in [6.45, 7) is 1.59. The van der Waals surface area contributed by atoms with Crippen LogP contribution in [0.3, 0.4) is 0 Å². The molecule has 1 aliphatic rings. The van der Waals surface area contributed by atoms with Crippen molar-refractivity contribution in [3.05, 3.63) is 29.8 Å². The van der Waals surface area contributed by atoms with Gasteiger partial charge in [0.1, 0.15) is 0 Å². The minimum absolute atomic E-state index is 0.225. The van der Waals surface area contributed by atoms with Gasteiger partial charge in [-0.05, 0) is 50.3 Å². The van der Waals surface area contributed by atoms with Crippen molar-refractivity contribution < 1.29 is 14.3 Å². The number of thioether (sulfide) groups is 1. The van der Waals surface area contributed by atoms with Crippen LogP contribution in [-0.4, -0.2) is 30.3 Å². The van der Waals surface area contributed by atoms with Gasteiger partial charge in [-0.1, -0.05) is 0 Å². The van der Waals surface area contributed by atoms with Crippen molar-refractivity contribution in [2.75, 3.05) is 6.26 Å². The maximum absolute atomic E-state index is 11.9. The first-order chi connectivity index (χ1) is 9.10. The Hall–Kier alpha value is -1.49. The molecule has 1 atom stereocenters. The molecule has 4 nitrogen and oxygen atoms in total. The van der Waals surface area contributed by atoms with Gasteiger partial charge in [-0.3, -0.25) is 4.79 Å². The molecule has 102 valence electrons. The summed E-state index contributed by atoms with van der Waals surface area (Å²) in [5.74, 6) is -0.692. The molecule has 0 spiro atoms. The van der Waals surface area contributed by atoms with Gasteiger partial charge in [0.2, 0.25) is 0 Å². The number of esters is 1. The van der Waals surface area contributed by atoms with E-state index in [0.29, 0.717) is 5.56 Å². The van der Waals surface area contributed by atoms with Crippen molar-refractivity contribution in [2.45, 2.75) is 36.8 Å². The number of carbonyl (C=O) groups excluding carboxylic acids is 2. The van der Waals surface area contributed by atoms with Crippen LogP contribution in [0.15, 0.2) is 29.2 Å². The number of ether oxygens (including phenoxy) is 1. The highest BCUT2D eigenvalue weighted by Gasteiger charge is 2.27. The zero-order valence-electron chi connectivity index (χ0n) is 11.0. The normalized spacial score (nSPS) is 15.7. The molecule has 0 saturated heterocycles. The smallest absolute Gasteiger partial charge is 0.338 e. The Balaban J connectivity index is 1.89. The van der Waals surface area contributed by atoms with Crippen LogP contribution in [0.1, 0.15) is 30.1 Å². The molecule has 5 heteroatoms. The first-order valence-electron chi connectivity index (χ1n) is 6.25. The second-order valence-corrected chi connectivity index (χ2v) is 5.44. The Morgan fingerprint density at radius 2 is 1.95 bits per heavy atom. The molecule has 0 bridgehead atoms. The Morgan fingerprint density at radius 1 is 1.32 bits per heavy atom. The number of hydrogen-bond donors (Lipinski definition) is 1. The molecule has 2 rings (SSSR count). The molecule has 1 N–H and O–H groups in total. The first-order valence-corrected chi connectivity index (χ1v) is 7.48. The van der Waals surface area contributed by atoms with Crippen LogP contribution in [0.2, 0.25) is 0 Å². The number of hydrogen-bond acceptors (Lipinski definition) is 4. The molecule has 1 aliphatic carbocycles. The molecule has 1 saturated carbocycles. The summed E-state index contributed by atoms with van der Waals surface area (Å²) in [7, 11) is 0. The second-order valence-electron chi connectivity index (χ2n) is 4.56. The molecule has 1 aromatic rings. The maximum Gasteiger partial charge on any atom is 0.338 e. The molecule has 0 aromatic heterocycles. The van der Waals surface area contributed by atoms with Crippen molar-refractivity contribution >= 4 is 23.6 Å². The summed E-state index contributed by atoms with van der Waals surface area (Å²) in [6, 6.07) is 7.40. The molecular weight excluding hydrogens is 262 g/mol. The van der Waals surface area contributed by atoms with Crippen molar-refractivity contribution in [3.63, 3.8) is 0 Å². The van der Waals surface area contributed by atoms with Crippen LogP contribution in [0, 0.1) is 0 Å². The average molecular weight is 279 g/mol. The molecule has 0 heterocycles. The van der Waals surface area contributed by atoms with E-state index in [-0.39, 0.29) is 11.9 Å². The zero-order valence-corrected chi connectivity index (χ0v) is 11.8. The van der Waals surface area contributed by atoms with E-state index < -0.39 is 12.1 Å². The lowest BCUT2D eigenvalue weighted by Gasteiger charge is -2.13. The Labute approximate surface area is 116 Å². The van der Waals surface area contributed by atoms with Crippen LogP contribution in [0.4, 0.5) is 0 Å². The highest BCUT2D eigenvalue weighted by molar-refractivity contribution is 7.98. The summed E-state index contributed by atoms with van der Waals surface area (Å²) < 4.78 is 5.14. The van der Waals surface area contributed by atoms with E-state index in [1.807, 2.05) is 18.4 Å². The van der Waals surface area contributed by atoms with Crippen LogP contribution in [0.25, 0.3) is 0 Å². The van der Waals surface area contributed by atoms with Gasteiger partial charge in [0, 0.05) is 10.9 Å². The highest BCUT2D eigenvalue weighted by atomic mass is 32.2. The van der Waals surface area contributed by atoms with Crippen molar-refractivity contribution in [3.8, 4) is 0 Å². The third-order valence-corrected chi connectivity index (χ3v) is 3.65. The molecule has 0 aliphatic heterocycles. The quantitative estimate of drug-likeness (QED) is 0.663. The molecule has 1 amide bonds. The Morgan fingerprint density at radius 3 is 2.47 bits per heavy atom. The van der Waals surface area contributed by atoms with Crippen LogP contribution in [-0.2, 0) is 9.53 Å². The number of nitrogens with one attached hydrogen (secondary N) is 1. The van der Waals surface area contributed by atoms with E-state index in [1.54, 1.807) is 30.8 Å². The molecule has 1 aromatic carbocycles. The van der Waals surface area contributed by atoms with Crippen LogP contribution < -0.4 is 5.32 Å². The Kier molecular flexibility index (Phi) is 4.47. The largest absolute Gasteiger partial charge is 0.449 e. The van der Waals surface area contributed by atoms with Crippen molar-refractivity contribution in [1.82, 2.24) is 5.32 Å². The number of carbonyl (C=O) groups is 2. The van der Waals surface area contributed by atoms with Gasteiger partial charge in [0.25, 0.3) is 5.91 Å². The minimum Gasteiger partial charge on any atom is -0.449 e. The fourth-order valence-corrected chi connectivity index (χ4v) is 1.96. The van der Waals surface area contributed by atoms with Gasteiger partial charge >= 0.3 is 5.97 Å². The number of benzene rings is 1. The van der Waals surface area contributed by atoms with Crippen molar-refractivity contribution in [1.29, 1.82) is 0 Å². The predicted octanol–water partition coefficient (Wildman–Crippen LogP) is 2.23. The predicted molar refractivity (Wildman–Crippen MR) is 74.3 cm³/mol. The third kappa shape index (κ3) is 3.99. The number of amides is 1. The highest BCUT2D eigenvalue weighted by Crippen LogP contribution is 2.19. The second kappa shape index (κ2) is 6.10. The van der Waals surface area contributed by atoms with E-state index in [9.17, 15) is 9.59 Å². The monoisotopic (exact) mass is 279 g/mol. The van der Waals surface area contributed by atoms with Gasteiger partial charge in [-0.15, -0.1) is 11.8 Å². The summed E-state index contributed by atoms with van der Waals surface area (Å²) >= 11 is 1.61. The lowest BCUT2D eigenvalue weighted by molar-refractivity contribution is -0.129. The van der Waals surface area contributed by atoms with Crippen molar-refractivity contribution in [2.24, 2.45) is 0 Å². The van der Waals surface area contributed by atoms with E-state index in [4.69, 9.17) is 4.74 Å². The molecule has 0 radical (unpaired) electrons. The molecule has 0 unspecified atom stereocenters. The Bertz CT molecular complexity index is 468. The summed E-state index contributed by atoms with van der Waals surface area (Å²) in [4.78, 5) is 24.6.